The average Bonchev–Trinajstić information content (AvgIpc) is 3.10. The number of rotatable bonds is 14. The standard InChI is InChI=1S/C40H50FN5O5/c1-40(2,3)26-38(50)46(30-12-8-5-9-13-30)31-20-22-45(23-21-31)39(51)35(25-28-10-6-4-7-11-28)44-37(49)27-43-36(48)19-18-33(41)34(42)24-29-14-16-32(47)17-15-29/h4-18,31,34-35,47H,19-27,42H2,1-3H3,(H,43,48)(H,44,49)/b33-18-/t34-,35-/m0/s1. The Bertz CT molecular complexity index is 1640. The molecule has 1 heterocycles. The van der Waals surface area contributed by atoms with E-state index in [1.165, 1.54) is 12.1 Å². The number of aromatic hydroxyl groups is 1. The number of carbonyl (C=O) groups is 4. The van der Waals surface area contributed by atoms with Gasteiger partial charge in [-0.2, -0.15) is 0 Å². The number of nitrogens with one attached hydrogen (secondary N) is 2. The first-order valence-electron chi connectivity index (χ1n) is 17.4. The average molecular weight is 700 g/mol. The molecule has 3 aromatic rings. The summed E-state index contributed by atoms with van der Waals surface area (Å²) in [5.41, 5.74) is 8.18. The summed E-state index contributed by atoms with van der Waals surface area (Å²) in [7, 11) is 0. The van der Waals surface area contributed by atoms with Crippen LogP contribution in [-0.2, 0) is 32.0 Å². The van der Waals surface area contributed by atoms with Gasteiger partial charge in [0.1, 0.15) is 17.6 Å². The molecular formula is C40H50FN5O5. The van der Waals surface area contributed by atoms with E-state index in [1.54, 1.807) is 17.0 Å². The molecule has 0 unspecified atom stereocenters. The Labute approximate surface area is 299 Å². The smallest absolute Gasteiger partial charge is 0.245 e. The maximum Gasteiger partial charge on any atom is 0.245 e. The second-order valence-electron chi connectivity index (χ2n) is 14.2. The van der Waals surface area contributed by atoms with Crippen molar-refractivity contribution in [2.45, 2.75) is 77.4 Å². The SMILES string of the molecule is CC(C)(C)CC(=O)N(c1ccccc1)C1CCN(C(=O)[C@H](Cc2ccccc2)NC(=O)CNC(=O)C/C=C(\F)[C@@H](N)Cc2ccc(O)cc2)CC1. The van der Waals surface area contributed by atoms with Crippen molar-refractivity contribution in [3.63, 3.8) is 0 Å². The van der Waals surface area contributed by atoms with Crippen LogP contribution in [0.3, 0.4) is 0 Å². The number of anilines is 1. The minimum atomic E-state index is -0.967. The normalized spacial score (nSPS) is 15.1. The van der Waals surface area contributed by atoms with Gasteiger partial charge in [0.2, 0.25) is 23.6 Å². The molecule has 2 atom stereocenters. The number of hydrogen-bond donors (Lipinski definition) is 4. The number of phenols is 1. The van der Waals surface area contributed by atoms with Crippen LogP contribution in [0.2, 0.25) is 0 Å². The zero-order chi connectivity index (χ0) is 37.0. The Hall–Kier alpha value is -5.03. The van der Waals surface area contributed by atoms with E-state index in [0.717, 1.165) is 22.9 Å². The highest BCUT2D eigenvalue weighted by molar-refractivity contribution is 5.94. The third-order valence-electron chi connectivity index (χ3n) is 8.72. The molecule has 4 rings (SSSR count). The lowest BCUT2D eigenvalue weighted by Gasteiger charge is -2.40. The highest BCUT2D eigenvalue weighted by atomic mass is 19.1. The maximum absolute atomic E-state index is 14.6. The van der Waals surface area contributed by atoms with Gasteiger partial charge in [0.25, 0.3) is 0 Å². The summed E-state index contributed by atoms with van der Waals surface area (Å²) < 4.78 is 14.6. The van der Waals surface area contributed by atoms with E-state index < -0.39 is 36.3 Å². The summed E-state index contributed by atoms with van der Waals surface area (Å²) in [5, 5.41) is 14.7. The quantitative estimate of drug-likeness (QED) is 0.190. The fraction of sp³-hybridized carbons (Fsp3) is 0.400. The molecule has 0 spiro atoms. The predicted molar refractivity (Wildman–Crippen MR) is 196 cm³/mol. The van der Waals surface area contributed by atoms with Crippen molar-refractivity contribution in [3.05, 3.63) is 108 Å². The van der Waals surface area contributed by atoms with Crippen molar-refractivity contribution in [3.8, 4) is 5.75 Å². The van der Waals surface area contributed by atoms with Gasteiger partial charge in [-0.3, -0.25) is 19.2 Å². The second-order valence-corrected chi connectivity index (χ2v) is 14.2. The van der Waals surface area contributed by atoms with Crippen LogP contribution in [0.5, 0.6) is 5.75 Å². The van der Waals surface area contributed by atoms with Crippen LogP contribution in [0.1, 0.15) is 57.6 Å². The molecule has 51 heavy (non-hydrogen) atoms. The number of phenolic OH excluding ortho intramolecular Hbond substituents is 1. The van der Waals surface area contributed by atoms with Gasteiger partial charge in [-0.1, -0.05) is 81.4 Å². The number of carbonyl (C=O) groups excluding carboxylic acids is 4. The summed E-state index contributed by atoms with van der Waals surface area (Å²) in [4.78, 5) is 56.5. The number of hydrogen-bond acceptors (Lipinski definition) is 6. The van der Waals surface area contributed by atoms with E-state index in [0.29, 0.717) is 32.4 Å². The molecule has 1 aliphatic heterocycles. The molecule has 11 heteroatoms. The number of likely N-dealkylation sites (tertiary alicyclic amines) is 1. The van der Waals surface area contributed by atoms with Gasteiger partial charge in [-0.15, -0.1) is 0 Å². The summed E-state index contributed by atoms with van der Waals surface area (Å²) in [6.07, 6.45) is 2.76. The topological polar surface area (TPSA) is 145 Å². The van der Waals surface area contributed by atoms with Gasteiger partial charge >= 0.3 is 0 Å². The summed E-state index contributed by atoms with van der Waals surface area (Å²) >= 11 is 0. The Morgan fingerprint density at radius 1 is 0.902 bits per heavy atom. The number of piperidine rings is 1. The molecule has 1 aliphatic rings. The van der Waals surface area contributed by atoms with Crippen LogP contribution in [0, 0.1) is 5.41 Å². The van der Waals surface area contributed by atoms with Crippen molar-refractivity contribution in [2.75, 3.05) is 24.5 Å². The van der Waals surface area contributed by atoms with Gasteiger partial charge in [0, 0.05) is 44.1 Å². The van der Waals surface area contributed by atoms with Crippen LogP contribution >= 0.6 is 0 Å². The van der Waals surface area contributed by atoms with Gasteiger partial charge in [0.05, 0.1) is 12.6 Å². The lowest BCUT2D eigenvalue weighted by molar-refractivity contribution is -0.137. The van der Waals surface area contributed by atoms with Crippen molar-refractivity contribution in [1.82, 2.24) is 15.5 Å². The number of amides is 4. The van der Waals surface area contributed by atoms with Crippen molar-refractivity contribution >= 4 is 29.3 Å². The zero-order valence-electron chi connectivity index (χ0n) is 29.7. The van der Waals surface area contributed by atoms with Crippen molar-refractivity contribution in [2.24, 2.45) is 11.1 Å². The maximum atomic E-state index is 14.6. The molecule has 0 radical (unpaired) electrons. The van der Waals surface area contributed by atoms with E-state index in [9.17, 15) is 28.7 Å². The zero-order valence-corrected chi connectivity index (χ0v) is 29.7. The van der Waals surface area contributed by atoms with Gasteiger partial charge in [0.15, 0.2) is 0 Å². The fourth-order valence-corrected chi connectivity index (χ4v) is 6.12. The Kier molecular flexibility index (Phi) is 13.9. The Morgan fingerprint density at radius 3 is 2.10 bits per heavy atom. The summed E-state index contributed by atoms with van der Waals surface area (Å²) in [5.74, 6) is -1.89. The first-order valence-corrected chi connectivity index (χ1v) is 17.4. The summed E-state index contributed by atoms with van der Waals surface area (Å²) in [6.45, 7) is 6.56. The monoisotopic (exact) mass is 699 g/mol. The van der Waals surface area contributed by atoms with Crippen LogP contribution in [0.4, 0.5) is 10.1 Å². The number of nitrogens with two attached hydrogens (primary N) is 1. The predicted octanol–water partition coefficient (Wildman–Crippen LogP) is 4.81. The van der Waals surface area contributed by atoms with E-state index in [-0.39, 0.29) is 48.3 Å². The molecule has 0 aromatic heterocycles. The van der Waals surface area contributed by atoms with Crippen LogP contribution < -0.4 is 21.3 Å². The molecule has 3 aromatic carbocycles. The molecule has 0 saturated carbocycles. The molecule has 0 aliphatic carbocycles. The van der Waals surface area contributed by atoms with Crippen LogP contribution in [0.15, 0.2) is 96.8 Å². The molecule has 1 saturated heterocycles. The molecule has 272 valence electrons. The number of benzene rings is 3. The first-order chi connectivity index (χ1) is 24.3. The highest BCUT2D eigenvalue weighted by Crippen LogP contribution is 2.28. The summed E-state index contributed by atoms with van der Waals surface area (Å²) in [6, 6.07) is 23.3. The molecule has 4 amide bonds. The molecule has 1 fully saturated rings. The van der Waals surface area contributed by atoms with Crippen molar-refractivity contribution < 1.29 is 28.7 Å². The van der Waals surface area contributed by atoms with E-state index in [1.807, 2.05) is 86.3 Å². The Morgan fingerprint density at radius 2 is 1.49 bits per heavy atom. The number of para-hydroxylation sites is 1. The van der Waals surface area contributed by atoms with Crippen LogP contribution in [-0.4, -0.2) is 71.4 Å². The van der Waals surface area contributed by atoms with E-state index in [2.05, 4.69) is 10.6 Å². The van der Waals surface area contributed by atoms with Gasteiger partial charge < -0.3 is 31.3 Å². The molecule has 5 N–H and O–H groups in total. The third kappa shape index (κ3) is 12.4. The highest BCUT2D eigenvalue weighted by Gasteiger charge is 2.34. The molecule has 10 nitrogen and oxygen atoms in total. The van der Waals surface area contributed by atoms with E-state index in [4.69, 9.17) is 5.73 Å². The van der Waals surface area contributed by atoms with Gasteiger partial charge in [-0.05, 0) is 66.1 Å². The Balaban J connectivity index is 1.34. The van der Waals surface area contributed by atoms with E-state index >= 15 is 0 Å². The molecule has 0 bridgehead atoms. The second kappa shape index (κ2) is 18.3. The largest absolute Gasteiger partial charge is 0.508 e. The minimum absolute atomic E-state index is 0.0462. The molecular weight excluding hydrogens is 649 g/mol. The third-order valence-corrected chi connectivity index (χ3v) is 8.72. The number of halogens is 1. The lowest BCUT2D eigenvalue weighted by atomic mass is 9.90. The van der Waals surface area contributed by atoms with Crippen molar-refractivity contribution in [1.29, 1.82) is 0 Å². The number of nitrogens with zero attached hydrogens (tertiary/aromatic N) is 2. The lowest BCUT2D eigenvalue weighted by Crippen LogP contribution is -2.55. The van der Waals surface area contributed by atoms with Gasteiger partial charge in [-0.25, -0.2) is 4.39 Å². The first kappa shape index (κ1) is 38.8. The van der Waals surface area contributed by atoms with Crippen LogP contribution in [0.25, 0.3) is 0 Å². The minimum Gasteiger partial charge on any atom is -0.508 e. The fourth-order valence-electron chi connectivity index (χ4n) is 6.12.